The third-order valence-electron chi connectivity index (χ3n) is 15.8. The van der Waals surface area contributed by atoms with Crippen molar-refractivity contribution in [2.75, 3.05) is 19.5 Å². The molecule has 0 N–H and O–H groups in total. The molecule has 0 unspecified atom stereocenters. The summed E-state index contributed by atoms with van der Waals surface area (Å²) in [7, 11) is -6.17. The van der Waals surface area contributed by atoms with E-state index in [1.54, 1.807) is 18.9 Å². The fourth-order valence-electron chi connectivity index (χ4n) is 9.71. The second-order valence-corrected chi connectivity index (χ2v) is 39.4. The number of carbonyl (C=O) groups is 1. The molecule has 390 valence electrons. The molecule has 9 nitrogen and oxygen atoms in total. The van der Waals surface area contributed by atoms with Crippen LogP contribution in [0, 0.1) is 0 Å². The van der Waals surface area contributed by atoms with E-state index in [9.17, 15) is 4.79 Å². The number of carbonyl (C=O) groups excluding carboxylic acids is 1. The van der Waals surface area contributed by atoms with Crippen molar-refractivity contribution in [3.05, 3.63) is 121 Å². The molecule has 0 saturated carbocycles. The van der Waals surface area contributed by atoms with Gasteiger partial charge in [-0.05, 0) is 108 Å². The van der Waals surface area contributed by atoms with Crippen LogP contribution in [0.2, 0.25) is 41.3 Å². The Hall–Kier alpha value is -3.25. The SMILES string of the molecule is COc1ccc(CO[C@@H]([C@H](CCO[Si](c2ccccc2)(c2ccccc2)C(C)(C)C)O[Si](C)(C)C(C)(C)C)[C@@]2(C)C[C@H](O[Si](C)(C)C(C)(C)C)[C@@H]([C@H]3C[C@](C)(CCSc4ccccc4)OC(=O)O3)O2)cc1. The van der Waals surface area contributed by atoms with E-state index in [4.69, 9.17) is 37.0 Å². The van der Waals surface area contributed by atoms with Gasteiger partial charge in [0.25, 0.3) is 8.32 Å². The van der Waals surface area contributed by atoms with Gasteiger partial charge in [0.2, 0.25) is 0 Å². The fraction of sp³-hybridized carbons (Fsp3) is 0.569. The van der Waals surface area contributed by atoms with Crippen molar-refractivity contribution in [3.63, 3.8) is 0 Å². The zero-order valence-corrected chi connectivity index (χ0v) is 49.7. The van der Waals surface area contributed by atoms with Crippen LogP contribution in [0.4, 0.5) is 4.79 Å². The molecule has 13 heteroatoms. The lowest BCUT2D eigenvalue weighted by Gasteiger charge is -2.46. The molecule has 2 aliphatic heterocycles. The molecular weight excluding hydrogens is 957 g/mol. The van der Waals surface area contributed by atoms with Gasteiger partial charge in [0.1, 0.15) is 29.7 Å². The first-order chi connectivity index (χ1) is 33.1. The van der Waals surface area contributed by atoms with Gasteiger partial charge in [-0.1, -0.05) is 153 Å². The molecule has 2 heterocycles. The van der Waals surface area contributed by atoms with Gasteiger partial charge in [-0.3, -0.25) is 0 Å². The maximum atomic E-state index is 13.7. The Morgan fingerprint density at radius 1 is 0.718 bits per heavy atom. The third kappa shape index (κ3) is 13.7. The van der Waals surface area contributed by atoms with Crippen LogP contribution < -0.4 is 15.1 Å². The molecule has 2 aliphatic rings. The predicted molar refractivity (Wildman–Crippen MR) is 298 cm³/mol. The van der Waals surface area contributed by atoms with Crippen molar-refractivity contribution in [2.45, 2.75) is 196 Å². The van der Waals surface area contributed by atoms with Gasteiger partial charge in [-0.2, -0.15) is 0 Å². The summed E-state index contributed by atoms with van der Waals surface area (Å²) >= 11 is 1.76. The highest BCUT2D eigenvalue weighted by atomic mass is 32.2. The van der Waals surface area contributed by atoms with Crippen LogP contribution in [0.1, 0.15) is 107 Å². The van der Waals surface area contributed by atoms with Crippen LogP contribution in [-0.4, -0.2) is 92.3 Å². The minimum Gasteiger partial charge on any atom is -0.497 e. The first-order valence-electron chi connectivity index (χ1n) is 25.7. The van der Waals surface area contributed by atoms with Gasteiger partial charge in [0.15, 0.2) is 16.6 Å². The molecule has 4 aromatic carbocycles. The van der Waals surface area contributed by atoms with Crippen molar-refractivity contribution in [2.24, 2.45) is 0 Å². The molecule has 71 heavy (non-hydrogen) atoms. The van der Waals surface area contributed by atoms with Crippen LogP contribution >= 0.6 is 11.8 Å². The van der Waals surface area contributed by atoms with E-state index in [-0.39, 0.29) is 15.1 Å². The fourth-order valence-corrected chi connectivity index (χ4v) is 18.1. The standard InChI is InChI=1S/C58H86O9SSi3/c1-54(2,3)69(13,14)66-48(36-38-62-71(56(7,8)9,46-28-22-18-23-29-46)47-30-24-19-25-31-47)52(61-42-43-32-34-44(60-12)35-33-43)58(11)41-50(67-70(15,16)55(4,5)6)51(64-58)49-40-57(10,65-53(59)63-49)37-39-68-45-26-20-17-21-27-45/h17-35,48-52H,36-42H2,1-16H3/t48-,49+,50-,51+,52-,57-,58+/m0/s1. The lowest BCUT2D eigenvalue weighted by molar-refractivity contribution is -0.202. The van der Waals surface area contributed by atoms with Crippen molar-refractivity contribution in [3.8, 4) is 5.75 Å². The Labute approximate surface area is 435 Å². The number of hydrogen-bond donors (Lipinski definition) is 0. The Bertz CT molecular complexity index is 2260. The van der Waals surface area contributed by atoms with Gasteiger partial charge in [0.05, 0.1) is 31.5 Å². The number of hydrogen-bond acceptors (Lipinski definition) is 10. The summed E-state index contributed by atoms with van der Waals surface area (Å²) in [5.41, 5.74) is -0.735. The second-order valence-electron chi connectivity index (χ2n) is 24.4. The van der Waals surface area contributed by atoms with Crippen LogP contribution in [0.25, 0.3) is 0 Å². The highest BCUT2D eigenvalue weighted by Crippen LogP contribution is 2.49. The van der Waals surface area contributed by atoms with Crippen molar-refractivity contribution in [1.29, 1.82) is 0 Å². The maximum Gasteiger partial charge on any atom is 0.509 e. The van der Waals surface area contributed by atoms with Crippen molar-refractivity contribution >= 4 is 53.2 Å². The Morgan fingerprint density at radius 2 is 1.27 bits per heavy atom. The van der Waals surface area contributed by atoms with E-state index in [0.717, 1.165) is 17.1 Å². The summed E-state index contributed by atoms with van der Waals surface area (Å²) < 4.78 is 55.6. The molecule has 0 aromatic heterocycles. The highest BCUT2D eigenvalue weighted by Gasteiger charge is 2.59. The van der Waals surface area contributed by atoms with E-state index in [0.29, 0.717) is 38.9 Å². The number of thioether (sulfide) groups is 1. The second kappa shape index (κ2) is 22.7. The third-order valence-corrected chi connectivity index (χ3v) is 30.8. The molecule has 0 aliphatic carbocycles. The molecule has 2 saturated heterocycles. The molecule has 7 atom stereocenters. The Kier molecular flexibility index (Phi) is 18.2. The summed E-state index contributed by atoms with van der Waals surface area (Å²) in [6.45, 7) is 34.7. The molecule has 0 bridgehead atoms. The van der Waals surface area contributed by atoms with Crippen molar-refractivity contribution in [1.82, 2.24) is 0 Å². The maximum absolute atomic E-state index is 13.7. The molecule has 0 radical (unpaired) electrons. The topological polar surface area (TPSA) is 90.9 Å². The van der Waals surface area contributed by atoms with Crippen LogP contribution in [0.3, 0.4) is 0 Å². The minimum absolute atomic E-state index is 0.0946. The van der Waals surface area contributed by atoms with Gasteiger partial charge in [-0.25, -0.2) is 4.79 Å². The summed E-state index contributed by atoms with van der Waals surface area (Å²) in [5.74, 6) is 1.55. The summed E-state index contributed by atoms with van der Waals surface area (Å²) in [6.07, 6.45) is -1.21. The van der Waals surface area contributed by atoms with Gasteiger partial charge < -0.3 is 37.0 Å². The van der Waals surface area contributed by atoms with Gasteiger partial charge in [0, 0.05) is 30.1 Å². The lowest BCUT2D eigenvalue weighted by Crippen LogP contribution is -2.66. The van der Waals surface area contributed by atoms with Crippen LogP contribution in [0.5, 0.6) is 5.75 Å². The summed E-state index contributed by atoms with van der Waals surface area (Å²) in [6, 6.07) is 40.0. The quantitative estimate of drug-likeness (QED) is 0.0456. The van der Waals surface area contributed by atoms with Gasteiger partial charge in [-0.15, -0.1) is 11.8 Å². The number of rotatable bonds is 21. The summed E-state index contributed by atoms with van der Waals surface area (Å²) in [4.78, 5) is 14.8. The van der Waals surface area contributed by atoms with E-state index < -0.39 is 72.8 Å². The van der Waals surface area contributed by atoms with Crippen LogP contribution in [-0.2, 0) is 38.8 Å². The minimum atomic E-state index is -2.92. The molecule has 6 rings (SSSR count). The average Bonchev–Trinajstić information content (AvgIpc) is 3.62. The molecule has 0 spiro atoms. The number of benzene rings is 4. The number of ether oxygens (including phenoxy) is 5. The first kappa shape index (κ1) is 57.0. The Balaban J connectivity index is 1.43. The largest absolute Gasteiger partial charge is 0.509 e. The van der Waals surface area contributed by atoms with Gasteiger partial charge >= 0.3 is 6.16 Å². The zero-order valence-electron chi connectivity index (χ0n) is 45.9. The van der Waals surface area contributed by atoms with E-state index in [1.807, 2.05) is 49.4 Å². The number of cyclic esters (lactones) is 2. The summed E-state index contributed by atoms with van der Waals surface area (Å²) in [5, 5.41) is 2.03. The number of methoxy groups -OCH3 is 1. The van der Waals surface area contributed by atoms with Crippen LogP contribution in [0.15, 0.2) is 120 Å². The normalized spacial score (nSPS) is 23.4. The molecule has 4 aromatic rings. The first-order valence-corrected chi connectivity index (χ1v) is 34.4. The lowest BCUT2D eigenvalue weighted by atomic mass is 9.87. The average molecular weight is 1040 g/mol. The zero-order chi connectivity index (χ0) is 52.1. The Morgan fingerprint density at radius 3 is 1.79 bits per heavy atom. The molecule has 0 amide bonds. The van der Waals surface area contributed by atoms with E-state index >= 15 is 0 Å². The van der Waals surface area contributed by atoms with Crippen molar-refractivity contribution < 1.29 is 41.8 Å². The molecular formula is C58H86O9SSi3. The monoisotopic (exact) mass is 1040 g/mol. The van der Waals surface area contributed by atoms with E-state index in [1.165, 1.54) is 15.3 Å². The highest BCUT2D eigenvalue weighted by molar-refractivity contribution is 7.99. The predicted octanol–water partition coefficient (Wildman–Crippen LogP) is 13.7. The molecule has 2 fully saturated rings. The van der Waals surface area contributed by atoms with E-state index in [2.05, 4.69) is 168 Å². The smallest absolute Gasteiger partial charge is 0.497 e.